The van der Waals surface area contributed by atoms with Gasteiger partial charge in [-0.15, -0.1) is 0 Å². The normalized spacial score (nSPS) is 18.9. The van der Waals surface area contributed by atoms with E-state index in [4.69, 9.17) is 9.47 Å². The Morgan fingerprint density at radius 2 is 1.77 bits per heavy atom. The minimum Gasteiger partial charge on any atom is -0.459 e. The number of rotatable bonds is 5. The highest BCUT2D eigenvalue weighted by Crippen LogP contribution is 2.30. The topological polar surface area (TPSA) is 55.8 Å². The van der Waals surface area contributed by atoms with Crippen LogP contribution < -0.4 is 0 Å². The van der Waals surface area contributed by atoms with Gasteiger partial charge in [0.15, 0.2) is 0 Å². The first kappa shape index (κ1) is 22.3. The van der Waals surface area contributed by atoms with Crippen LogP contribution in [-0.2, 0) is 27.3 Å². The number of amides is 1. The molecule has 0 radical (unpaired) electrons. The van der Waals surface area contributed by atoms with E-state index in [0.29, 0.717) is 13.0 Å². The molecule has 0 aromatic heterocycles. The van der Waals surface area contributed by atoms with Crippen molar-refractivity contribution >= 4 is 28.0 Å². The first-order chi connectivity index (χ1) is 14.2. The molecule has 1 saturated heterocycles. The summed E-state index contributed by atoms with van der Waals surface area (Å²) in [5.41, 5.74) is 1.45. The number of hydrogen-bond donors (Lipinski definition) is 0. The fourth-order valence-electron chi connectivity index (χ4n) is 3.64. The van der Waals surface area contributed by atoms with Gasteiger partial charge in [0.05, 0.1) is 0 Å². The molecule has 3 rings (SSSR count). The summed E-state index contributed by atoms with van der Waals surface area (Å²) >= 11 is 3.50. The molecular weight excluding hydrogens is 446 g/mol. The maximum atomic E-state index is 12.9. The van der Waals surface area contributed by atoms with Gasteiger partial charge in [0.1, 0.15) is 18.2 Å². The smallest absolute Gasteiger partial charge is 0.411 e. The lowest BCUT2D eigenvalue weighted by atomic mass is 9.97. The number of halogens is 1. The molecule has 2 atom stereocenters. The Balaban J connectivity index is 1.71. The second-order valence-electron chi connectivity index (χ2n) is 8.68. The van der Waals surface area contributed by atoms with Crippen molar-refractivity contribution < 1.29 is 19.1 Å². The summed E-state index contributed by atoms with van der Waals surface area (Å²) in [6.07, 6.45) is 0.863. The molecule has 1 aliphatic rings. The summed E-state index contributed by atoms with van der Waals surface area (Å²) in [4.78, 5) is 27.2. The monoisotopic (exact) mass is 473 g/mol. The van der Waals surface area contributed by atoms with E-state index in [9.17, 15) is 9.59 Å². The zero-order chi connectivity index (χ0) is 21.7. The van der Waals surface area contributed by atoms with E-state index in [1.807, 2.05) is 63.2 Å². The van der Waals surface area contributed by atoms with Crippen molar-refractivity contribution in [3.8, 4) is 0 Å². The third kappa shape index (κ3) is 6.33. The SMILES string of the molecule is CC(C)(C)OC(=O)N1C[C@@H](Cc2cccc(Br)c2)C[C@@H]1C(=O)OCc1ccccc1. The van der Waals surface area contributed by atoms with Gasteiger partial charge in [0.25, 0.3) is 0 Å². The number of likely N-dealkylation sites (tertiary alicyclic amines) is 1. The first-order valence-electron chi connectivity index (χ1n) is 10.2. The number of hydrogen-bond acceptors (Lipinski definition) is 4. The van der Waals surface area contributed by atoms with Crippen LogP contribution in [0.3, 0.4) is 0 Å². The first-order valence-corrected chi connectivity index (χ1v) is 11.0. The van der Waals surface area contributed by atoms with Crippen LogP contribution in [0.4, 0.5) is 4.79 Å². The molecule has 2 aromatic rings. The van der Waals surface area contributed by atoms with E-state index in [2.05, 4.69) is 28.1 Å². The summed E-state index contributed by atoms with van der Waals surface area (Å²) in [5.74, 6) is -0.234. The van der Waals surface area contributed by atoms with E-state index in [1.54, 1.807) is 0 Å². The molecule has 160 valence electrons. The number of ether oxygens (including phenoxy) is 2. The van der Waals surface area contributed by atoms with Crippen molar-refractivity contribution in [1.82, 2.24) is 4.90 Å². The maximum Gasteiger partial charge on any atom is 0.411 e. The summed E-state index contributed by atoms with van der Waals surface area (Å²) in [6.45, 7) is 6.12. The molecule has 1 heterocycles. The van der Waals surface area contributed by atoms with Crippen LogP contribution in [0.5, 0.6) is 0 Å². The summed E-state index contributed by atoms with van der Waals surface area (Å²) < 4.78 is 12.1. The Morgan fingerprint density at radius 1 is 1.07 bits per heavy atom. The molecule has 2 aromatic carbocycles. The van der Waals surface area contributed by atoms with Crippen molar-refractivity contribution in [2.24, 2.45) is 5.92 Å². The predicted octanol–water partition coefficient (Wildman–Crippen LogP) is 5.36. The lowest BCUT2D eigenvalue weighted by molar-refractivity contribution is -0.150. The third-order valence-corrected chi connectivity index (χ3v) is 5.42. The van der Waals surface area contributed by atoms with E-state index < -0.39 is 17.7 Å². The zero-order valence-electron chi connectivity index (χ0n) is 17.6. The van der Waals surface area contributed by atoms with Crippen molar-refractivity contribution in [3.05, 3.63) is 70.2 Å². The van der Waals surface area contributed by atoms with Gasteiger partial charge >= 0.3 is 12.1 Å². The predicted molar refractivity (Wildman–Crippen MR) is 119 cm³/mol. The number of nitrogens with zero attached hydrogens (tertiary/aromatic N) is 1. The lowest BCUT2D eigenvalue weighted by Gasteiger charge is -2.27. The molecule has 6 heteroatoms. The van der Waals surface area contributed by atoms with E-state index >= 15 is 0 Å². The van der Waals surface area contributed by atoms with Gasteiger partial charge in [-0.05, 0) is 62.8 Å². The van der Waals surface area contributed by atoms with Crippen LogP contribution in [0.2, 0.25) is 0 Å². The van der Waals surface area contributed by atoms with E-state index in [0.717, 1.165) is 22.0 Å². The Hall–Kier alpha value is -2.34. The second kappa shape index (κ2) is 9.65. The molecule has 0 N–H and O–H groups in total. The Labute approximate surface area is 186 Å². The van der Waals surface area contributed by atoms with E-state index in [1.165, 1.54) is 4.90 Å². The minimum absolute atomic E-state index is 0.154. The minimum atomic E-state index is -0.638. The molecule has 1 fully saturated rings. The maximum absolute atomic E-state index is 12.9. The molecule has 5 nitrogen and oxygen atoms in total. The molecule has 1 amide bonds. The fourth-order valence-corrected chi connectivity index (χ4v) is 4.09. The average molecular weight is 474 g/mol. The molecule has 0 aliphatic carbocycles. The van der Waals surface area contributed by atoms with Crippen LogP contribution in [0.25, 0.3) is 0 Å². The zero-order valence-corrected chi connectivity index (χ0v) is 19.2. The molecule has 0 saturated carbocycles. The largest absolute Gasteiger partial charge is 0.459 e. The summed E-state index contributed by atoms with van der Waals surface area (Å²) in [5, 5.41) is 0. The Kier molecular flexibility index (Phi) is 7.19. The van der Waals surface area contributed by atoms with Crippen molar-refractivity contribution in [2.75, 3.05) is 6.54 Å². The third-order valence-electron chi connectivity index (χ3n) is 4.93. The van der Waals surface area contributed by atoms with Gasteiger partial charge < -0.3 is 9.47 Å². The van der Waals surface area contributed by atoms with Gasteiger partial charge in [0.2, 0.25) is 0 Å². The quantitative estimate of drug-likeness (QED) is 0.548. The molecule has 0 spiro atoms. The standard InChI is InChI=1S/C24H28BrNO4/c1-24(2,3)30-23(28)26-15-19(12-18-10-7-11-20(25)13-18)14-21(26)22(27)29-16-17-8-5-4-6-9-17/h4-11,13,19,21H,12,14-16H2,1-3H3/t19-,21+/m0/s1. The van der Waals surface area contributed by atoms with Gasteiger partial charge in [-0.1, -0.05) is 58.4 Å². The number of benzene rings is 2. The van der Waals surface area contributed by atoms with Crippen LogP contribution in [-0.4, -0.2) is 35.2 Å². The Morgan fingerprint density at radius 3 is 2.43 bits per heavy atom. The highest BCUT2D eigenvalue weighted by molar-refractivity contribution is 9.10. The van der Waals surface area contributed by atoms with Crippen LogP contribution in [0, 0.1) is 5.92 Å². The molecule has 0 bridgehead atoms. The molecular formula is C24H28BrNO4. The highest BCUT2D eigenvalue weighted by Gasteiger charge is 2.42. The van der Waals surface area contributed by atoms with Crippen LogP contribution in [0.1, 0.15) is 38.3 Å². The average Bonchev–Trinajstić information content (AvgIpc) is 3.10. The molecule has 0 unspecified atom stereocenters. The Bertz CT molecular complexity index is 878. The van der Waals surface area contributed by atoms with Crippen molar-refractivity contribution in [3.63, 3.8) is 0 Å². The van der Waals surface area contributed by atoms with Crippen LogP contribution >= 0.6 is 15.9 Å². The van der Waals surface area contributed by atoms with Crippen molar-refractivity contribution in [1.29, 1.82) is 0 Å². The van der Waals surface area contributed by atoms with Crippen molar-refractivity contribution in [2.45, 2.75) is 51.9 Å². The van der Waals surface area contributed by atoms with Gasteiger partial charge in [-0.25, -0.2) is 9.59 Å². The lowest BCUT2D eigenvalue weighted by Crippen LogP contribution is -2.44. The summed E-state index contributed by atoms with van der Waals surface area (Å²) in [6, 6.07) is 17.0. The van der Waals surface area contributed by atoms with Crippen LogP contribution in [0.15, 0.2) is 59.1 Å². The number of carbonyl (C=O) groups excluding carboxylic acids is 2. The number of esters is 1. The highest BCUT2D eigenvalue weighted by atomic mass is 79.9. The second-order valence-corrected chi connectivity index (χ2v) is 9.59. The van der Waals surface area contributed by atoms with Gasteiger partial charge in [-0.3, -0.25) is 4.90 Å². The molecule has 30 heavy (non-hydrogen) atoms. The number of carbonyl (C=O) groups is 2. The molecule has 1 aliphatic heterocycles. The fraction of sp³-hybridized carbons (Fsp3) is 0.417. The van der Waals surface area contributed by atoms with Gasteiger partial charge in [-0.2, -0.15) is 0 Å². The van der Waals surface area contributed by atoms with Gasteiger partial charge in [0, 0.05) is 11.0 Å². The summed E-state index contributed by atoms with van der Waals surface area (Å²) in [7, 11) is 0. The van der Waals surface area contributed by atoms with E-state index in [-0.39, 0.29) is 18.5 Å².